The van der Waals surface area contributed by atoms with Gasteiger partial charge in [-0.25, -0.2) is 9.78 Å². The topological polar surface area (TPSA) is 80.7 Å². The molecule has 1 saturated heterocycles. The minimum atomic E-state index is -1.02. The van der Waals surface area contributed by atoms with Gasteiger partial charge >= 0.3 is 5.97 Å². The first kappa shape index (κ1) is 22.5. The second-order valence-corrected chi connectivity index (χ2v) is 9.06. The van der Waals surface area contributed by atoms with Gasteiger partial charge in [0.1, 0.15) is 23.6 Å². The van der Waals surface area contributed by atoms with E-state index in [2.05, 4.69) is 26.7 Å². The number of benzene rings is 1. The van der Waals surface area contributed by atoms with Gasteiger partial charge in [0.05, 0.1) is 19.1 Å². The summed E-state index contributed by atoms with van der Waals surface area (Å²) >= 11 is 6.01. The van der Waals surface area contributed by atoms with Gasteiger partial charge in [-0.05, 0) is 73.8 Å². The molecule has 176 valence electrons. The fourth-order valence-corrected chi connectivity index (χ4v) is 4.88. The summed E-state index contributed by atoms with van der Waals surface area (Å²) in [5.74, 6) is -0.234. The largest absolute Gasteiger partial charge is 0.491 e. The Kier molecular flexibility index (Phi) is 6.56. The lowest BCUT2D eigenvalue weighted by molar-refractivity contribution is 0.0691. The van der Waals surface area contributed by atoms with Gasteiger partial charge in [0.15, 0.2) is 0 Å². The van der Waals surface area contributed by atoms with Crippen LogP contribution in [0.3, 0.4) is 0 Å². The van der Waals surface area contributed by atoms with Crippen LogP contribution in [-0.2, 0) is 6.54 Å². The number of carbonyl (C=O) groups is 1. The van der Waals surface area contributed by atoms with Crippen LogP contribution in [0.2, 0.25) is 5.02 Å². The van der Waals surface area contributed by atoms with Crippen molar-refractivity contribution in [2.75, 3.05) is 26.2 Å². The summed E-state index contributed by atoms with van der Waals surface area (Å²) in [6, 6.07) is 10.7. The molecule has 1 N–H and O–H groups in total. The van der Waals surface area contributed by atoms with Crippen LogP contribution in [0, 0.1) is 0 Å². The monoisotopic (exact) mass is 479 g/mol. The number of hydrogen-bond donors (Lipinski definition) is 1. The van der Waals surface area contributed by atoms with Crippen molar-refractivity contribution in [3.8, 4) is 5.75 Å². The number of ether oxygens (including phenoxy) is 1. The van der Waals surface area contributed by atoms with E-state index in [-0.39, 0.29) is 5.56 Å². The number of hydrogen-bond acceptors (Lipinski definition) is 5. The molecule has 0 radical (unpaired) electrons. The van der Waals surface area contributed by atoms with Crippen molar-refractivity contribution in [2.24, 2.45) is 0 Å². The van der Waals surface area contributed by atoms with Gasteiger partial charge in [-0.15, -0.1) is 0 Å². The summed E-state index contributed by atoms with van der Waals surface area (Å²) in [6.07, 6.45) is 9.67. The van der Waals surface area contributed by atoms with Crippen LogP contribution in [-0.4, -0.2) is 51.8 Å². The number of pyridine rings is 1. The standard InChI is InChI=1S/C26H26ClN3O4/c27-20-3-4-22(26(31)32)24(14-20)34-13-11-29-9-5-19(6-10-29)23-16-30(15-18-7-12-33-17-18)25-21(23)2-1-8-28-25/h1-4,7-8,12,14,16-17,19H,5-6,9-11,13,15H2,(H,31,32). The summed E-state index contributed by atoms with van der Waals surface area (Å²) in [4.78, 5) is 18.4. The third kappa shape index (κ3) is 4.81. The molecule has 7 nitrogen and oxygen atoms in total. The average molecular weight is 480 g/mol. The molecule has 8 heteroatoms. The van der Waals surface area contributed by atoms with Gasteiger partial charge in [0.2, 0.25) is 0 Å². The number of likely N-dealkylation sites (tertiary alicyclic amines) is 1. The first-order valence-electron chi connectivity index (χ1n) is 11.4. The Morgan fingerprint density at radius 2 is 2.09 bits per heavy atom. The Morgan fingerprint density at radius 1 is 1.24 bits per heavy atom. The molecule has 0 spiro atoms. The lowest BCUT2D eigenvalue weighted by atomic mass is 9.89. The number of carboxylic acid groups (broad SMARTS) is 1. The summed E-state index contributed by atoms with van der Waals surface area (Å²) in [5, 5.41) is 11.0. The van der Waals surface area contributed by atoms with E-state index in [4.69, 9.17) is 20.8 Å². The van der Waals surface area contributed by atoms with E-state index in [0.717, 1.165) is 50.2 Å². The third-order valence-corrected chi connectivity index (χ3v) is 6.70. The molecule has 0 unspecified atom stereocenters. The molecule has 0 saturated carbocycles. The maximum absolute atomic E-state index is 11.4. The van der Waals surface area contributed by atoms with E-state index in [1.165, 1.54) is 17.0 Å². The minimum absolute atomic E-state index is 0.128. The molecule has 3 aromatic heterocycles. The van der Waals surface area contributed by atoms with Gasteiger partial charge in [0, 0.05) is 34.9 Å². The van der Waals surface area contributed by atoms with Crippen molar-refractivity contribution in [2.45, 2.75) is 25.3 Å². The van der Waals surface area contributed by atoms with Crippen molar-refractivity contribution in [3.63, 3.8) is 0 Å². The Bertz CT molecular complexity index is 1280. The first-order valence-corrected chi connectivity index (χ1v) is 11.8. The number of furan rings is 1. The van der Waals surface area contributed by atoms with E-state index >= 15 is 0 Å². The highest BCUT2D eigenvalue weighted by Crippen LogP contribution is 2.34. The van der Waals surface area contributed by atoms with Gasteiger partial charge in [0.25, 0.3) is 0 Å². The van der Waals surface area contributed by atoms with E-state index in [9.17, 15) is 9.90 Å². The number of carboxylic acids is 1. The van der Waals surface area contributed by atoms with Crippen molar-refractivity contribution in [3.05, 3.63) is 83.0 Å². The normalized spacial score (nSPS) is 15.1. The van der Waals surface area contributed by atoms with Crippen molar-refractivity contribution >= 4 is 28.6 Å². The molecular weight excluding hydrogens is 454 g/mol. The van der Waals surface area contributed by atoms with E-state index in [1.54, 1.807) is 24.7 Å². The highest BCUT2D eigenvalue weighted by atomic mass is 35.5. The number of aromatic carboxylic acids is 1. The van der Waals surface area contributed by atoms with Crippen molar-refractivity contribution in [1.29, 1.82) is 0 Å². The summed E-state index contributed by atoms with van der Waals surface area (Å²) in [6.45, 7) is 3.82. The van der Waals surface area contributed by atoms with E-state index < -0.39 is 5.97 Å². The Hall–Kier alpha value is -3.29. The van der Waals surface area contributed by atoms with Crippen LogP contribution in [0.5, 0.6) is 5.75 Å². The van der Waals surface area contributed by atoms with Gasteiger partial charge in [-0.3, -0.25) is 4.90 Å². The Morgan fingerprint density at radius 3 is 2.85 bits per heavy atom. The number of halogens is 1. The number of fused-ring (bicyclic) bond motifs is 1. The zero-order valence-electron chi connectivity index (χ0n) is 18.7. The quantitative estimate of drug-likeness (QED) is 0.370. The molecule has 4 heterocycles. The smallest absolute Gasteiger partial charge is 0.339 e. The summed E-state index contributed by atoms with van der Waals surface area (Å²) in [7, 11) is 0. The van der Waals surface area contributed by atoms with Gasteiger partial charge < -0.3 is 18.8 Å². The molecule has 0 bridgehead atoms. The van der Waals surface area contributed by atoms with Gasteiger partial charge in [-0.2, -0.15) is 0 Å². The van der Waals surface area contributed by atoms with Gasteiger partial charge in [-0.1, -0.05) is 11.6 Å². The van der Waals surface area contributed by atoms with Crippen molar-refractivity contribution < 1.29 is 19.1 Å². The lowest BCUT2D eigenvalue weighted by Gasteiger charge is -2.31. The molecule has 0 aliphatic carbocycles. The van der Waals surface area contributed by atoms with Crippen molar-refractivity contribution in [1.82, 2.24) is 14.5 Å². The lowest BCUT2D eigenvalue weighted by Crippen LogP contribution is -2.35. The molecule has 5 rings (SSSR count). The molecule has 0 atom stereocenters. The van der Waals surface area contributed by atoms with Crippen LogP contribution >= 0.6 is 11.6 Å². The fourth-order valence-electron chi connectivity index (χ4n) is 4.72. The van der Waals surface area contributed by atoms with Crippen LogP contribution in [0.1, 0.15) is 40.2 Å². The maximum atomic E-state index is 11.4. The zero-order valence-corrected chi connectivity index (χ0v) is 19.4. The average Bonchev–Trinajstić information content (AvgIpc) is 3.48. The molecular formula is C26H26ClN3O4. The van der Waals surface area contributed by atoms with Crippen LogP contribution < -0.4 is 4.74 Å². The predicted molar refractivity (Wildman–Crippen MR) is 130 cm³/mol. The number of rotatable bonds is 8. The number of aromatic nitrogens is 2. The SMILES string of the molecule is O=C(O)c1ccc(Cl)cc1OCCN1CCC(c2cn(Cc3ccoc3)c3ncccc23)CC1. The summed E-state index contributed by atoms with van der Waals surface area (Å²) in [5.41, 5.74) is 3.61. The highest BCUT2D eigenvalue weighted by Gasteiger charge is 2.24. The zero-order chi connectivity index (χ0) is 23.5. The fraction of sp³-hybridized carbons (Fsp3) is 0.308. The molecule has 1 aromatic carbocycles. The molecule has 34 heavy (non-hydrogen) atoms. The molecule has 1 aliphatic heterocycles. The van der Waals surface area contributed by atoms with E-state index in [1.807, 2.05) is 18.3 Å². The molecule has 0 amide bonds. The molecule has 1 aliphatic rings. The van der Waals surface area contributed by atoms with E-state index in [0.29, 0.717) is 23.3 Å². The first-order chi connectivity index (χ1) is 16.6. The summed E-state index contributed by atoms with van der Waals surface area (Å²) < 4.78 is 13.2. The third-order valence-electron chi connectivity index (χ3n) is 6.46. The molecule has 4 aromatic rings. The highest BCUT2D eigenvalue weighted by molar-refractivity contribution is 6.30. The number of piperidine rings is 1. The van der Waals surface area contributed by atoms with Crippen LogP contribution in [0.4, 0.5) is 0 Å². The predicted octanol–water partition coefficient (Wildman–Crippen LogP) is 5.29. The second-order valence-electron chi connectivity index (χ2n) is 8.63. The number of nitrogens with zero attached hydrogens (tertiary/aromatic N) is 3. The minimum Gasteiger partial charge on any atom is -0.491 e. The Balaban J connectivity index is 1.21. The second kappa shape index (κ2) is 9.91. The maximum Gasteiger partial charge on any atom is 0.339 e. The Labute approximate surface area is 202 Å². The molecule has 1 fully saturated rings. The van der Waals surface area contributed by atoms with Crippen LogP contribution in [0.25, 0.3) is 11.0 Å². The van der Waals surface area contributed by atoms with Crippen LogP contribution in [0.15, 0.2) is 65.7 Å².